The first kappa shape index (κ1) is 16.4. The summed E-state index contributed by atoms with van der Waals surface area (Å²) in [6.07, 6.45) is 0.789. The molecule has 7 heteroatoms. The molecular formula is C13H17ClFN3O2. The molecule has 1 fully saturated rings. The van der Waals surface area contributed by atoms with Crippen molar-refractivity contribution in [2.45, 2.75) is 6.42 Å². The van der Waals surface area contributed by atoms with Gasteiger partial charge in [0.15, 0.2) is 0 Å². The fourth-order valence-corrected chi connectivity index (χ4v) is 1.96. The molecule has 1 heterocycles. The second kappa shape index (κ2) is 7.81. The average molecular weight is 302 g/mol. The molecule has 0 saturated carbocycles. The molecule has 2 rings (SSSR count). The van der Waals surface area contributed by atoms with Gasteiger partial charge in [0.2, 0.25) is 11.8 Å². The molecule has 3 N–H and O–H groups in total. The summed E-state index contributed by atoms with van der Waals surface area (Å²) in [5.41, 5.74) is 0.377. The predicted octanol–water partition coefficient (Wildman–Crippen LogP) is 0.912. The number of hydrogen-bond acceptors (Lipinski definition) is 3. The van der Waals surface area contributed by atoms with Crippen molar-refractivity contribution in [3.05, 3.63) is 30.1 Å². The Labute approximate surface area is 122 Å². The molecule has 1 aliphatic rings. The summed E-state index contributed by atoms with van der Waals surface area (Å²) < 4.78 is 12.9. The normalized spacial score (nSPS) is 17.1. The smallest absolute Gasteiger partial charge is 0.243 e. The van der Waals surface area contributed by atoms with Crippen LogP contribution in [0.5, 0.6) is 0 Å². The standard InChI is InChI=1S/C13H16FN3O2.ClH/c14-10-2-1-3-11(6-10)17-12(18)8-16-13(19)9-4-5-15-7-9;/h1-3,6,9,15H,4-5,7-8H2,(H,16,19)(H,17,18);1H. The summed E-state index contributed by atoms with van der Waals surface area (Å²) in [5, 5.41) is 8.18. The molecule has 5 nitrogen and oxygen atoms in total. The van der Waals surface area contributed by atoms with Crippen molar-refractivity contribution in [2.24, 2.45) is 5.92 Å². The third-order valence-corrected chi connectivity index (χ3v) is 2.96. The van der Waals surface area contributed by atoms with Gasteiger partial charge in [-0.1, -0.05) is 6.07 Å². The number of carbonyl (C=O) groups excluding carboxylic acids is 2. The topological polar surface area (TPSA) is 70.2 Å². The van der Waals surface area contributed by atoms with Crippen molar-refractivity contribution >= 4 is 29.9 Å². The van der Waals surface area contributed by atoms with E-state index in [0.29, 0.717) is 12.2 Å². The van der Waals surface area contributed by atoms with Crippen LogP contribution < -0.4 is 16.0 Å². The molecule has 0 aliphatic carbocycles. The predicted molar refractivity (Wildman–Crippen MR) is 76.3 cm³/mol. The van der Waals surface area contributed by atoms with E-state index in [1.165, 1.54) is 18.2 Å². The van der Waals surface area contributed by atoms with Gasteiger partial charge in [-0.05, 0) is 31.2 Å². The SMILES string of the molecule is Cl.O=C(CNC(=O)C1CCNC1)Nc1cccc(F)c1. The van der Waals surface area contributed by atoms with Crippen LogP contribution in [0.1, 0.15) is 6.42 Å². The van der Waals surface area contributed by atoms with Crippen LogP contribution in [0.3, 0.4) is 0 Å². The second-order valence-electron chi connectivity index (χ2n) is 4.47. The maximum absolute atomic E-state index is 12.9. The summed E-state index contributed by atoms with van der Waals surface area (Å²) in [5.74, 6) is -0.981. The van der Waals surface area contributed by atoms with Crippen LogP contribution in [0.2, 0.25) is 0 Å². The zero-order valence-corrected chi connectivity index (χ0v) is 11.6. The Kier molecular flexibility index (Phi) is 6.41. The number of rotatable bonds is 4. The zero-order valence-electron chi connectivity index (χ0n) is 10.8. The fourth-order valence-electron chi connectivity index (χ4n) is 1.96. The van der Waals surface area contributed by atoms with E-state index in [1.807, 2.05) is 0 Å². The van der Waals surface area contributed by atoms with Crippen LogP contribution >= 0.6 is 12.4 Å². The molecule has 20 heavy (non-hydrogen) atoms. The molecular weight excluding hydrogens is 285 g/mol. The van der Waals surface area contributed by atoms with E-state index in [4.69, 9.17) is 0 Å². The molecule has 1 saturated heterocycles. The van der Waals surface area contributed by atoms with Crippen molar-refractivity contribution < 1.29 is 14.0 Å². The van der Waals surface area contributed by atoms with Gasteiger partial charge in [0.05, 0.1) is 12.5 Å². The summed E-state index contributed by atoms with van der Waals surface area (Å²) in [4.78, 5) is 23.2. The molecule has 0 aromatic heterocycles. The minimum Gasteiger partial charge on any atom is -0.347 e. The zero-order chi connectivity index (χ0) is 13.7. The molecule has 1 aromatic rings. The van der Waals surface area contributed by atoms with Gasteiger partial charge < -0.3 is 16.0 Å². The molecule has 110 valence electrons. The van der Waals surface area contributed by atoms with Gasteiger partial charge >= 0.3 is 0 Å². The Balaban J connectivity index is 0.00000200. The van der Waals surface area contributed by atoms with Crippen LogP contribution in [0, 0.1) is 11.7 Å². The van der Waals surface area contributed by atoms with E-state index in [9.17, 15) is 14.0 Å². The van der Waals surface area contributed by atoms with Crippen LogP contribution in [0.15, 0.2) is 24.3 Å². The summed E-state index contributed by atoms with van der Waals surface area (Å²) in [6, 6.07) is 5.61. The van der Waals surface area contributed by atoms with Gasteiger partial charge in [0.1, 0.15) is 5.82 Å². The number of carbonyl (C=O) groups is 2. The highest BCUT2D eigenvalue weighted by atomic mass is 35.5. The quantitative estimate of drug-likeness (QED) is 0.774. The van der Waals surface area contributed by atoms with Gasteiger partial charge in [-0.2, -0.15) is 0 Å². The highest BCUT2D eigenvalue weighted by Crippen LogP contribution is 2.09. The van der Waals surface area contributed by atoms with Crippen LogP contribution in [-0.2, 0) is 9.59 Å². The highest BCUT2D eigenvalue weighted by molar-refractivity contribution is 5.94. The Bertz CT molecular complexity index is 478. The maximum atomic E-state index is 12.9. The monoisotopic (exact) mass is 301 g/mol. The minimum absolute atomic E-state index is 0. The molecule has 0 spiro atoms. The summed E-state index contributed by atoms with van der Waals surface area (Å²) in [6.45, 7) is 1.37. The van der Waals surface area contributed by atoms with Gasteiger partial charge in [-0.15, -0.1) is 12.4 Å². The lowest BCUT2D eigenvalue weighted by molar-refractivity contribution is -0.126. The molecule has 2 amide bonds. The van der Waals surface area contributed by atoms with Crippen molar-refractivity contribution in [1.82, 2.24) is 10.6 Å². The Morgan fingerprint density at radius 1 is 1.40 bits per heavy atom. The van der Waals surface area contributed by atoms with Gasteiger partial charge in [-0.25, -0.2) is 4.39 Å². The maximum Gasteiger partial charge on any atom is 0.243 e. The third-order valence-electron chi connectivity index (χ3n) is 2.96. The Hall–Kier alpha value is -1.66. The van der Waals surface area contributed by atoms with E-state index in [-0.39, 0.29) is 36.7 Å². The number of anilines is 1. The number of halogens is 2. The van der Waals surface area contributed by atoms with Crippen molar-refractivity contribution in [2.75, 3.05) is 25.0 Å². The first-order chi connectivity index (χ1) is 9.15. The number of amides is 2. The lowest BCUT2D eigenvalue weighted by Gasteiger charge is -2.10. The summed E-state index contributed by atoms with van der Waals surface area (Å²) >= 11 is 0. The summed E-state index contributed by atoms with van der Waals surface area (Å²) in [7, 11) is 0. The molecule has 1 aliphatic heterocycles. The number of nitrogens with one attached hydrogen (secondary N) is 3. The van der Waals surface area contributed by atoms with Crippen molar-refractivity contribution in [1.29, 1.82) is 0 Å². The minimum atomic E-state index is -0.418. The number of hydrogen-bond donors (Lipinski definition) is 3. The van der Waals surface area contributed by atoms with Crippen molar-refractivity contribution in [3.63, 3.8) is 0 Å². The van der Waals surface area contributed by atoms with Crippen LogP contribution in [-0.4, -0.2) is 31.4 Å². The lowest BCUT2D eigenvalue weighted by Crippen LogP contribution is -2.37. The van der Waals surface area contributed by atoms with Gasteiger partial charge in [0.25, 0.3) is 0 Å². The van der Waals surface area contributed by atoms with Gasteiger partial charge in [-0.3, -0.25) is 9.59 Å². The first-order valence-electron chi connectivity index (χ1n) is 6.19. The average Bonchev–Trinajstić information content (AvgIpc) is 2.90. The van der Waals surface area contributed by atoms with E-state index in [2.05, 4.69) is 16.0 Å². The van der Waals surface area contributed by atoms with E-state index in [1.54, 1.807) is 6.07 Å². The Morgan fingerprint density at radius 2 is 2.20 bits per heavy atom. The third kappa shape index (κ3) is 4.79. The van der Waals surface area contributed by atoms with E-state index >= 15 is 0 Å². The first-order valence-corrected chi connectivity index (χ1v) is 6.19. The molecule has 1 atom stereocenters. The largest absolute Gasteiger partial charge is 0.347 e. The Morgan fingerprint density at radius 3 is 2.85 bits per heavy atom. The van der Waals surface area contributed by atoms with Crippen LogP contribution in [0.4, 0.5) is 10.1 Å². The van der Waals surface area contributed by atoms with Crippen LogP contribution in [0.25, 0.3) is 0 Å². The molecule has 1 unspecified atom stereocenters. The molecule has 1 aromatic carbocycles. The number of benzene rings is 1. The highest BCUT2D eigenvalue weighted by Gasteiger charge is 2.22. The molecule has 0 bridgehead atoms. The second-order valence-corrected chi connectivity index (χ2v) is 4.47. The van der Waals surface area contributed by atoms with Gasteiger partial charge in [0, 0.05) is 12.2 Å². The van der Waals surface area contributed by atoms with Crippen molar-refractivity contribution in [3.8, 4) is 0 Å². The van der Waals surface area contributed by atoms with E-state index < -0.39 is 5.82 Å². The fraction of sp³-hybridized carbons (Fsp3) is 0.385. The molecule has 0 radical (unpaired) electrons. The van der Waals surface area contributed by atoms with E-state index in [0.717, 1.165) is 13.0 Å². The lowest BCUT2D eigenvalue weighted by atomic mass is 10.1.